The van der Waals surface area contributed by atoms with Gasteiger partial charge in [0.25, 0.3) is 0 Å². The Hall–Kier alpha value is -0.340. The first kappa shape index (κ1) is 10.2. The topological polar surface area (TPSA) is 29.5 Å². The van der Waals surface area contributed by atoms with Gasteiger partial charge in [-0.15, -0.1) is 0 Å². The maximum absolute atomic E-state index is 9.49. The van der Waals surface area contributed by atoms with Gasteiger partial charge in [-0.25, -0.2) is 0 Å². The Morgan fingerprint density at radius 2 is 2.36 bits per heavy atom. The fourth-order valence-electron chi connectivity index (χ4n) is 3.25. The van der Waals surface area contributed by atoms with Gasteiger partial charge in [0, 0.05) is 13.7 Å². The van der Waals surface area contributed by atoms with Crippen LogP contribution in [0.25, 0.3) is 0 Å². The predicted octanol–water partition coefficient (Wildman–Crippen LogP) is 1.99. The normalized spacial score (nSPS) is 46.6. The quantitative estimate of drug-likeness (QED) is 0.684. The van der Waals surface area contributed by atoms with E-state index in [1.807, 2.05) is 0 Å². The number of ether oxygens (including phenoxy) is 1. The van der Waals surface area contributed by atoms with Gasteiger partial charge in [-0.3, -0.25) is 0 Å². The van der Waals surface area contributed by atoms with Gasteiger partial charge in [-0.2, -0.15) is 0 Å². The predicted molar refractivity (Wildman–Crippen MR) is 56.0 cm³/mol. The van der Waals surface area contributed by atoms with Crippen molar-refractivity contribution < 1.29 is 9.84 Å². The van der Waals surface area contributed by atoms with Crippen molar-refractivity contribution in [1.29, 1.82) is 0 Å². The summed E-state index contributed by atoms with van der Waals surface area (Å²) in [5.74, 6) is 0.917. The molecule has 0 amide bonds. The molecule has 0 heterocycles. The lowest BCUT2D eigenvalue weighted by Gasteiger charge is -2.49. The molecule has 0 aromatic rings. The van der Waals surface area contributed by atoms with Gasteiger partial charge in [-0.05, 0) is 36.5 Å². The molecule has 80 valence electrons. The molecular formula is C12H20O2. The molecular weight excluding hydrogens is 176 g/mol. The smallest absolute Gasteiger partial charge is 0.0606 e. The van der Waals surface area contributed by atoms with Crippen molar-refractivity contribution in [1.82, 2.24) is 0 Å². The lowest BCUT2D eigenvalue weighted by molar-refractivity contribution is -0.0674. The largest absolute Gasteiger partial charge is 0.396 e. The van der Waals surface area contributed by atoms with Gasteiger partial charge in [0.15, 0.2) is 0 Å². The van der Waals surface area contributed by atoms with Crippen LogP contribution in [0.5, 0.6) is 0 Å². The SMILES string of the molecule is CO[C@H]1CC[C@@]2(C)C=CC[C@@H]1[C@H]2CO. The summed E-state index contributed by atoms with van der Waals surface area (Å²) in [7, 11) is 1.79. The molecule has 2 aliphatic rings. The third-order valence-corrected chi connectivity index (χ3v) is 4.22. The standard InChI is InChI=1S/C12H20O2/c1-12-6-3-4-9(10(12)8-13)11(14-2)5-7-12/h3,6,9-11,13H,4-5,7-8H2,1-2H3/t9-,10-,11+,12-/m1/s1. The second-order valence-corrected chi connectivity index (χ2v) is 4.91. The van der Waals surface area contributed by atoms with E-state index in [2.05, 4.69) is 19.1 Å². The van der Waals surface area contributed by atoms with Crippen molar-refractivity contribution in [3.63, 3.8) is 0 Å². The number of hydrogen-bond acceptors (Lipinski definition) is 2. The number of methoxy groups -OCH3 is 1. The molecule has 2 aliphatic carbocycles. The minimum Gasteiger partial charge on any atom is -0.396 e. The fourth-order valence-corrected chi connectivity index (χ4v) is 3.25. The molecule has 0 spiro atoms. The van der Waals surface area contributed by atoms with E-state index < -0.39 is 0 Å². The summed E-state index contributed by atoms with van der Waals surface area (Å²) in [6.45, 7) is 2.56. The first-order chi connectivity index (χ1) is 6.71. The summed E-state index contributed by atoms with van der Waals surface area (Å²) in [4.78, 5) is 0. The molecule has 0 aromatic heterocycles. The second-order valence-electron chi connectivity index (χ2n) is 4.91. The molecule has 0 aliphatic heterocycles. The maximum Gasteiger partial charge on any atom is 0.0606 e. The van der Waals surface area contributed by atoms with Crippen LogP contribution < -0.4 is 0 Å². The average Bonchev–Trinajstić information content (AvgIpc) is 2.17. The molecule has 2 rings (SSSR count). The molecule has 2 bridgehead atoms. The minimum atomic E-state index is 0.215. The Morgan fingerprint density at radius 1 is 1.57 bits per heavy atom. The molecule has 0 saturated heterocycles. The van der Waals surface area contributed by atoms with Crippen LogP contribution in [0.15, 0.2) is 12.2 Å². The lowest BCUT2D eigenvalue weighted by atomic mass is 9.58. The summed E-state index contributed by atoms with van der Waals surface area (Å²) in [5, 5.41) is 9.49. The van der Waals surface area contributed by atoms with E-state index in [0.29, 0.717) is 24.5 Å². The van der Waals surface area contributed by atoms with Crippen LogP contribution in [0.2, 0.25) is 0 Å². The van der Waals surface area contributed by atoms with Crippen molar-refractivity contribution in [3.05, 3.63) is 12.2 Å². The van der Waals surface area contributed by atoms with Gasteiger partial charge < -0.3 is 9.84 Å². The Morgan fingerprint density at radius 3 is 3.00 bits per heavy atom. The Kier molecular flexibility index (Phi) is 2.67. The molecule has 2 nitrogen and oxygen atoms in total. The number of aliphatic hydroxyl groups excluding tert-OH is 1. The molecule has 0 unspecified atom stereocenters. The molecule has 14 heavy (non-hydrogen) atoms. The van der Waals surface area contributed by atoms with Crippen LogP contribution in [0.1, 0.15) is 26.2 Å². The third kappa shape index (κ3) is 1.41. The number of allylic oxidation sites excluding steroid dienone is 2. The van der Waals surface area contributed by atoms with E-state index >= 15 is 0 Å². The Balaban J connectivity index is 2.25. The number of aliphatic hydroxyl groups is 1. The number of rotatable bonds is 2. The minimum absolute atomic E-state index is 0.215. The van der Waals surface area contributed by atoms with Gasteiger partial charge in [-0.1, -0.05) is 19.1 Å². The summed E-state index contributed by atoms with van der Waals surface area (Å²) >= 11 is 0. The molecule has 4 atom stereocenters. The van der Waals surface area contributed by atoms with Crippen LogP contribution in [0, 0.1) is 17.3 Å². The van der Waals surface area contributed by atoms with Crippen molar-refractivity contribution in [2.24, 2.45) is 17.3 Å². The highest BCUT2D eigenvalue weighted by Crippen LogP contribution is 2.50. The lowest BCUT2D eigenvalue weighted by Crippen LogP contribution is -2.47. The summed E-state index contributed by atoms with van der Waals surface area (Å²) in [6.07, 6.45) is 8.27. The van der Waals surface area contributed by atoms with Crippen LogP contribution in [-0.2, 0) is 4.74 Å². The number of fused-ring (bicyclic) bond motifs is 2. The van der Waals surface area contributed by atoms with Gasteiger partial charge >= 0.3 is 0 Å². The summed E-state index contributed by atoms with van der Waals surface area (Å²) in [6, 6.07) is 0. The van der Waals surface area contributed by atoms with Crippen molar-refractivity contribution in [2.45, 2.75) is 32.3 Å². The molecule has 1 saturated carbocycles. The monoisotopic (exact) mass is 196 g/mol. The van der Waals surface area contributed by atoms with Crippen molar-refractivity contribution in [2.75, 3.05) is 13.7 Å². The molecule has 1 N–H and O–H groups in total. The zero-order valence-electron chi connectivity index (χ0n) is 9.07. The van der Waals surface area contributed by atoms with Gasteiger partial charge in [0.2, 0.25) is 0 Å². The Labute approximate surface area is 86.0 Å². The van der Waals surface area contributed by atoms with Gasteiger partial charge in [0.05, 0.1) is 6.10 Å². The van der Waals surface area contributed by atoms with Crippen LogP contribution >= 0.6 is 0 Å². The van der Waals surface area contributed by atoms with Crippen molar-refractivity contribution >= 4 is 0 Å². The van der Waals surface area contributed by atoms with Crippen LogP contribution in [0.4, 0.5) is 0 Å². The van der Waals surface area contributed by atoms with Crippen LogP contribution in [-0.4, -0.2) is 24.9 Å². The van der Waals surface area contributed by atoms with E-state index in [1.165, 1.54) is 0 Å². The maximum atomic E-state index is 9.49. The average molecular weight is 196 g/mol. The zero-order valence-corrected chi connectivity index (χ0v) is 9.07. The van der Waals surface area contributed by atoms with Crippen LogP contribution in [0.3, 0.4) is 0 Å². The molecule has 0 radical (unpaired) electrons. The molecule has 0 aromatic carbocycles. The molecule has 2 heteroatoms. The highest BCUT2D eigenvalue weighted by Gasteiger charge is 2.46. The van der Waals surface area contributed by atoms with E-state index in [4.69, 9.17) is 4.74 Å². The third-order valence-electron chi connectivity index (χ3n) is 4.22. The van der Waals surface area contributed by atoms with Crippen molar-refractivity contribution in [3.8, 4) is 0 Å². The highest BCUT2D eigenvalue weighted by molar-refractivity contribution is 5.12. The van der Waals surface area contributed by atoms with E-state index in [0.717, 1.165) is 19.3 Å². The zero-order chi connectivity index (χ0) is 10.2. The van der Waals surface area contributed by atoms with E-state index in [-0.39, 0.29) is 5.41 Å². The highest BCUT2D eigenvalue weighted by atomic mass is 16.5. The summed E-state index contributed by atoms with van der Waals surface area (Å²) in [5.41, 5.74) is 0.215. The second kappa shape index (κ2) is 3.67. The Bertz CT molecular complexity index is 236. The first-order valence-electron chi connectivity index (χ1n) is 5.52. The summed E-state index contributed by atoms with van der Waals surface area (Å²) < 4.78 is 5.51. The van der Waals surface area contributed by atoms with E-state index in [1.54, 1.807) is 7.11 Å². The van der Waals surface area contributed by atoms with E-state index in [9.17, 15) is 5.11 Å². The number of hydrogen-bond donors (Lipinski definition) is 1. The molecule has 1 fully saturated rings. The first-order valence-corrected chi connectivity index (χ1v) is 5.52. The van der Waals surface area contributed by atoms with Gasteiger partial charge in [0.1, 0.15) is 0 Å². The fraction of sp³-hybridized carbons (Fsp3) is 0.833.